The lowest BCUT2D eigenvalue weighted by molar-refractivity contribution is 0.153. The van der Waals surface area contributed by atoms with E-state index in [9.17, 15) is 4.39 Å². The molecular weight excluding hydrogens is 195 g/mol. The van der Waals surface area contributed by atoms with Crippen molar-refractivity contribution in [2.75, 3.05) is 19.4 Å². The number of aliphatic hydroxyl groups is 1. The average molecular weight is 212 g/mol. The summed E-state index contributed by atoms with van der Waals surface area (Å²) in [4.78, 5) is 1.88. The molecule has 0 radical (unpaired) electrons. The second-order valence-corrected chi connectivity index (χ2v) is 3.80. The Kier molecular flexibility index (Phi) is 4.05. The highest BCUT2D eigenvalue weighted by atomic mass is 19.1. The molecule has 0 saturated carbocycles. The number of nitrogens with two attached hydrogens (primary N) is 1. The van der Waals surface area contributed by atoms with Gasteiger partial charge >= 0.3 is 0 Å². The number of hydrogen-bond acceptors (Lipinski definition) is 3. The van der Waals surface area contributed by atoms with Crippen molar-refractivity contribution in [2.24, 2.45) is 0 Å². The van der Waals surface area contributed by atoms with Gasteiger partial charge in [0, 0.05) is 23.8 Å². The molecule has 1 aromatic carbocycles. The lowest BCUT2D eigenvalue weighted by Gasteiger charge is -2.23. The molecule has 0 heterocycles. The van der Waals surface area contributed by atoms with E-state index in [1.807, 2.05) is 18.9 Å². The molecule has 4 heteroatoms. The van der Waals surface area contributed by atoms with E-state index in [-0.39, 0.29) is 18.5 Å². The third-order valence-electron chi connectivity index (χ3n) is 2.51. The minimum Gasteiger partial charge on any atom is -0.399 e. The summed E-state index contributed by atoms with van der Waals surface area (Å²) in [6.45, 7) is 2.41. The highest BCUT2D eigenvalue weighted by molar-refractivity contribution is 5.40. The fraction of sp³-hybridized carbons (Fsp3) is 0.455. The van der Waals surface area contributed by atoms with Gasteiger partial charge in [-0.05, 0) is 26.1 Å². The van der Waals surface area contributed by atoms with Crippen LogP contribution >= 0.6 is 0 Å². The van der Waals surface area contributed by atoms with Crippen molar-refractivity contribution < 1.29 is 9.50 Å². The van der Waals surface area contributed by atoms with Crippen LogP contribution in [0, 0.1) is 5.82 Å². The summed E-state index contributed by atoms with van der Waals surface area (Å²) in [5, 5.41) is 8.94. The van der Waals surface area contributed by atoms with Gasteiger partial charge in [0.25, 0.3) is 0 Å². The van der Waals surface area contributed by atoms with Gasteiger partial charge in [0.05, 0.1) is 6.61 Å². The zero-order valence-electron chi connectivity index (χ0n) is 9.07. The van der Waals surface area contributed by atoms with E-state index < -0.39 is 0 Å². The summed E-state index contributed by atoms with van der Waals surface area (Å²) in [7, 11) is 1.84. The minimum atomic E-state index is -0.299. The molecule has 0 aromatic heterocycles. The molecule has 0 aliphatic heterocycles. The molecule has 0 amide bonds. The molecule has 0 aliphatic carbocycles. The molecule has 1 unspecified atom stereocenters. The van der Waals surface area contributed by atoms with E-state index in [1.54, 1.807) is 12.1 Å². The fourth-order valence-electron chi connectivity index (χ4n) is 1.26. The summed E-state index contributed by atoms with van der Waals surface area (Å²) in [5.41, 5.74) is 6.47. The molecule has 0 fully saturated rings. The summed E-state index contributed by atoms with van der Waals surface area (Å²) in [5.74, 6) is -0.299. The number of hydrogen-bond donors (Lipinski definition) is 2. The molecule has 1 aromatic rings. The van der Waals surface area contributed by atoms with Crippen LogP contribution in [0.5, 0.6) is 0 Å². The molecular formula is C11H17FN2O. The van der Waals surface area contributed by atoms with Gasteiger partial charge in [-0.1, -0.05) is 6.07 Å². The molecule has 0 aliphatic rings. The number of rotatable bonds is 4. The number of aliphatic hydroxyl groups excluding tert-OH is 1. The van der Waals surface area contributed by atoms with Crippen molar-refractivity contribution in [2.45, 2.75) is 19.5 Å². The van der Waals surface area contributed by atoms with Gasteiger partial charge in [-0.3, -0.25) is 4.90 Å². The third-order valence-corrected chi connectivity index (χ3v) is 2.51. The molecule has 0 spiro atoms. The summed E-state index contributed by atoms with van der Waals surface area (Å²) in [6.07, 6.45) is 0. The van der Waals surface area contributed by atoms with Crippen LogP contribution < -0.4 is 5.73 Å². The predicted molar refractivity (Wildman–Crippen MR) is 58.8 cm³/mol. The Hall–Kier alpha value is -1.13. The van der Waals surface area contributed by atoms with Gasteiger partial charge in [-0.25, -0.2) is 4.39 Å². The van der Waals surface area contributed by atoms with Crippen molar-refractivity contribution in [3.63, 3.8) is 0 Å². The standard InChI is InChI=1S/C11H17FN2O/c1-8(7-15)14(2)6-9-3-4-10(13)5-11(9)12/h3-5,8,15H,6-7,13H2,1-2H3. The average Bonchev–Trinajstić information content (AvgIpc) is 2.20. The first-order chi connectivity index (χ1) is 7.04. The zero-order valence-corrected chi connectivity index (χ0v) is 9.07. The Morgan fingerprint density at radius 1 is 1.53 bits per heavy atom. The van der Waals surface area contributed by atoms with Crippen LogP contribution in [0.3, 0.4) is 0 Å². The highest BCUT2D eigenvalue weighted by Crippen LogP contribution is 2.14. The lowest BCUT2D eigenvalue weighted by atomic mass is 10.1. The first-order valence-corrected chi connectivity index (χ1v) is 4.89. The van der Waals surface area contributed by atoms with Gasteiger partial charge < -0.3 is 10.8 Å². The Labute approximate surface area is 89.3 Å². The number of nitrogen functional groups attached to an aromatic ring is 1. The number of nitrogens with zero attached hydrogens (tertiary/aromatic N) is 1. The van der Waals surface area contributed by atoms with Crippen LogP contribution in [0.4, 0.5) is 10.1 Å². The zero-order chi connectivity index (χ0) is 11.4. The number of halogens is 1. The minimum absolute atomic E-state index is 0.0157. The maximum absolute atomic E-state index is 13.4. The Morgan fingerprint density at radius 2 is 2.20 bits per heavy atom. The van der Waals surface area contributed by atoms with E-state index in [2.05, 4.69) is 0 Å². The largest absolute Gasteiger partial charge is 0.399 e. The van der Waals surface area contributed by atoms with E-state index in [0.29, 0.717) is 17.8 Å². The second kappa shape index (κ2) is 5.09. The second-order valence-electron chi connectivity index (χ2n) is 3.80. The third kappa shape index (κ3) is 3.18. The quantitative estimate of drug-likeness (QED) is 0.738. The summed E-state index contributed by atoms with van der Waals surface area (Å²) >= 11 is 0. The van der Waals surface area contributed by atoms with Crippen LogP contribution in [0.15, 0.2) is 18.2 Å². The Morgan fingerprint density at radius 3 is 2.73 bits per heavy atom. The SMILES string of the molecule is CC(CO)N(C)Cc1ccc(N)cc1F. The normalized spacial score (nSPS) is 13.1. The van der Waals surface area contributed by atoms with Gasteiger partial charge in [0.15, 0.2) is 0 Å². The van der Waals surface area contributed by atoms with Gasteiger partial charge in [0.2, 0.25) is 0 Å². The molecule has 0 saturated heterocycles. The maximum atomic E-state index is 13.4. The van der Waals surface area contributed by atoms with E-state index in [0.717, 1.165) is 0 Å². The fourth-order valence-corrected chi connectivity index (χ4v) is 1.26. The monoisotopic (exact) mass is 212 g/mol. The van der Waals surface area contributed by atoms with Crippen molar-refractivity contribution in [1.29, 1.82) is 0 Å². The Bertz CT molecular complexity index is 330. The molecule has 84 valence electrons. The van der Waals surface area contributed by atoms with Gasteiger partial charge in [0.1, 0.15) is 5.82 Å². The van der Waals surface area contributed by atoms with Crippen molar-refractivity contribution in [3.05, 3.63) is 29.6 Å². The van der Waals surface area contributed by atoms with Crippen LogP contribution in [0.2, 0.25) is 0 Å². The first kappa shape index (κ1) is 11.9. The molecule has 3 nitrogen and oxygen atoms in total. The smallest absolute Gasteiger partial charge is 0.129 e. The predicted octanol–water partition coefficient (Wildman–Crippen LogP) is 1.22. The van der Waals surface area contributed by atoms with Crippen molar-refractivity contribution in [1.82, 2.24) is 4.90 Å². The van der Waals surface area contributed by atoms with E-state index >= 15 is 0 Å². The number of anilines is 1. The van der Waals surface area contributed by atoms with Crippen LogP contribution in [-0.2, 0) is 6.54 Å². The summed E-state index contributed by atoms with van der Waals surface area (Å²) < 4.78 is 13.4. The maximum Gasteiger partial charge on any atom is 0.129 e. The molecule has 0 bridgehead atoms. The first-order valence-electron chi connectivity index (χ1n) is 4.89. The van der Waals surface area contributed by atoms with Gasteiger partial charge in [-0.2, -0.15) is 0 Å². The van der Waals surface area contributed by atoms with E-state index in [4.69, 9.17) is 10.8 Å². The van der Waals surface area contributed by atoms with Crippen LogP contribution in [0.25, 0.3) is 0 Å². The van der Waals surface area contributed by atoms with Gasteiger partial charge in [-0.15, -0.1) is 0 Å². The molecule has 3 N–H and O–H groups in total. The van der Waals surface area contributed by atoms with Crippen molar-refractivity contribution >= 4 is 5.69 Å². The van der Waals surface area contributed by atoms with Crippen LogP contribution in [0.1, 0.15) is 12.5 Å². The van der Waals surface area contributed by atoms with Crippen molar-refractivity contribution in [3.8, 4) is 0 Å². The topological polar surface area (TPSA) is 49.5 Å². The molecule has 1 atom stereocenters. The van der Waals surface area contributed by atoms with E-state index in [1.165, 1.54) is 6.07 Å². The molecule has 1 rings (SSSR count). The number of likely N-dealkylation sites (N-methyl/N-ethyl adjacent to an activating group) is 1. The van der Waals surface area contributed by atoms with Crippen LogP contribution in [-0.4, -0.2) is 29.7 Å². The Balaban J connectivity index is 2.72. The lowest BCUT2D eigenvalue weighted by Crippen LogP contribution is -2.31. The number of benzene rings is 1. The highest BCUT2D eigenvalue weighted by Gasteiger charge is 2.10. The molecule has 15 heavy (non-hydrogen) atoms. The summed E-state index contributed by atoms with van der Waals surface area (Å²) in [6, 6.07) is 4.68.